The molecule has 3 saturated heterocycles. The van der Waals surface area contributed by atoms with Gasteiger partial charge in [-0.1, -0.05) is 6.07 Å². The number of carbonyl (C=O) groups excluding carboxylic acids is 1. The average molecular weight is 579 g/mol. The lowest BCUT2D eigenvalue weighted by atomic mass is 10.0. The zero-order valence-electron chi connectivity index (χ0n) is 24.6. The molecule has 0 aliphatic carbocycles. The van der Waals surface area contributed by atoms with E-state index < -0.39 is 11.9 Å². The molecule has 2 N–H and O–H groups in total. The van der Waals surface area contributed by atoms with Gasteiger partial charge < -0.3 is 24.6 Å². The maximum atomic E-state index is 15.1. The number of nitrogens with zero attached hydrogens (tertiary/aromatic N) is 5. The van der Waals surface area contributed by atoms with Gasteiger partial charge in [0.15, 0.2) is 11.2 Å². The number of ether oxygens (including phenoxy) is 1. The van der Waals surface area contributed by atoms with E-state index in [9.17, 15) is 14.7 Å². The Morgan fingerprint density at radius 1 is 1.21 bits per heavy atom. The number of carbonyl (C=O) groups is 1. The van der Waals surface area contributed by atoms with Gasteiger partial charge in [-0.3, -0.25) is 14.5 Å². The topological polar surface area (TPSA) is 113 Å². The smallest absolute Gasteiger partial charge is 0.223 e. The van der Waals surface area contributed by atoms with Crippen LogP contribution in [0.2, 0.25) is 0 Å². The van der Waals surface area contributed by atoms with E-state index in [1.807, 2.05) is 17.9 Å². The largest absolute Gasteiger partial charge is 0.389 e. The minimum Gasteiger partial charge on any atom is -0.389 e. The van der Waals surface area contributed by atoms with Gasteiger partial charge in [-0.15, -0.1) is 0 Å². The molecular formula is C31H39FN6O4. The molecule has 3 fully saturated rings. The molecule has 224 valence electrons. The van der Waals surface area contributed by atoms with Crippen molar-refractivity contribution in [3.8, 4) is 11.3 Å². The van der Waals surface area contributed by atoms with E-state index in [-0.39, 0.29) is 41.7 Å². The van der Waals surface area contributed by atoms with Gasteiger partial charge in [0.05, 0.1) is 30.5 Å². The molecule has 1 aromatic carbocycles. The van der Waals surface area contributed by atoms with Crippen molar-refractivity contribution in [2.24, 2.45) is 11.8 Å². The maximum absolute atomic E-state index is 15.1. The first-order valence-electron chi connectivity index (χ1n) is 14.8. The number of amides is 1. The fourth-order valence-corrected chi connectivity index (χ4v) is 6.90. The van der Waals surface area contributed by atoms with Crippen molar-refractivity contribution in [2.45, 2.75) is 58.8 Å². The van der Waals surface area contributed by atoms with Crippen LogP contribution < -0.4 is 10.7 Å². The highest BCUT2D eigenvalue weighted by Crippen LogP contribution is 2.34. The minimum atomic E-state index is -0.707. The summed E-state index contributed by atoms with van der Waals surface area (Å²) in [5.41, 5.74) is 3.07. The van der Waals surface area contributed by atoms with Gasteiger partial charge in [-0.25, -0.2) is 14.4 Å². The Hall–Kier alpha value is -3.41. The number of nitrogens with one attached hydrogen (secondary N) is 1. The molecule has 3 aromatic rings. The van der Waals surface area contributed by atoms with Crippen LogP contribution in [0.1, 0.15) is 44.5 Å². The number of fused-ring (bicyclic) bond motifs is 2. The van der Waals surface area contributed by atoms with Gasteiger partial charge in [0.1, 0.15) is 5.69 Å². The van der Waals surface area contributed by atoms with Crippen LogP contribution in [0, 0.1) is 24.6 Å². The molecule has 3 aliphatic rings. The highest BCUT2D eigenvalue weighted by atomic mass is 19.1. The van der Waals surface area contributed by atoms with Crippen molar-refractivity contribution >= 4 is 22.8 Å². The molecule has 11 heteroatoms. The summed E-state index contributed by atoms with van der Waals surface area (Å²) in [6.45, 7) is 12.5. The van der Waals surface area contributed by atoms with Gasteiger partial charge in [0.25, 0.3) is 0 Å². The Morgan fingerprint density at radius 3 is 2.62 bits per heavy atom. The van der Waals surface area contributed by atoms with E-state index in [2.05, 4.69) is 38.6 Å². The number of benzene rings is 1. The molecule has 3 aliphatic heterocycles. The van der Waals surface area contributed by atoms with E-state index in [1.165, 1.54) is 0 Å². The monoisotopic (exact) mass is 578 g/mol. The lowest BCUT2D eigenvalue weighted by molar-refractivity contribution is -0.128. The molecule has 1 amide bonds. The predicted molar refractivity (Wildman–Crippen MR) is 158 cm³/mol. The van der Waals surface area contributed by atoms with Gasteiger partial charge >= 0.3 is 0 Å². The molecule has 1 unspecified atom stereocenters. The van der Waals surface area contributed by atoms with Crippen molar-refractivity contribution in [1.82, 2.24) is 24.3 Å². The van der Waals surface area contributed by atoms with Crippen LogP contribution in [0.4, 0.5) is 10.3 Å². The van der Waals surface area contributed by atoms with E-state index in [0.29, 0.717) is 42.4 Å². The summed E-state index contributed by atoms with van der Waals surface area (Å²) < 4.78 is 22.6. The van der Waals surface area contributed by atoms with Crippen molar-refractivity contribution < 1.29 is 19.0 Å². The van der Waals surface area contributed by atoms with Crippen molar-refractivity contribution in [3.63, 3.8) is 0 Å². The summed E-state index contributed by atoms with van der Waals surface area (Å²) in [6, 6.07) is 5.10. The fourth-order valence-electron chi connectivity index (χ4n) is 6.90. The fraction of sp³-hybridized carbons (Fsp3) is 0.548. The summed E-state index contributed by atoms with van der Waals surface area (Å²) in [7, 11) is 0. The normalized spacial score (nSPS) is 24.5. The summed E-state index contributed by atoms with van der Waals surface area (Å²) in [5, 5.41) is 14.0. The molecule has 42 heavy (non-hydrogen) atoms. The molecule has 0 bridgehead atoms. The van der Waals surface area contributed by atoms with Gasteiger partial charge in [0, 0.05) is 74.5 Å². The summed E-state index contributed by atoms with van der Waals surface area (Å²) in [4.78, 5) is 38.4. The standard InChI is InChI=1S/C31H39FN6O4/c1-17(2)38-26-9-20(29-24(32)10-33-31(35-29)34-25-7-8-42-16-28(25)40)5-6-23(26)30(41)18(3)27(38)15-36-11-21-13-37(19(4)39)14-22(21)12-36/h5-6,9-10,17,21-22,25,28,40H,7-8,11-16H2,1-4H3,(H,33,34,35)/t21-,22?,25+,28+/m0/s1. The number of aliphatic hydroxyl groups is 1. The van der Waals surface area contributed by atoms with E-state index in [0.717, 1.165) is 49.1 Å². The van der Waals surface area contributed by atoms with Gasteiger partial charge in [-0.05, 0) is 51.2 Å². The minimum absolute atomic E-state index is 0.0235. The third-order valence-corrected chi connectivity index (χ3v) is 9.12. The number of hydrogen-bond donors (Lipinski definition) is 2. The Labute approximate surface area is 244 Å². The molecule has 0 spiro atoms. The summed E-state index contributed by atoms with van der Waals surface area (Å²) in [6.07, 6.45) is 1.01. The molecule has 6 rings (SSSR count). The molecule has 2 aromatic heterocycles. The van der Waals surface area contributed by atoms with E-state index >= 15 is 4.39 Å². The van der Waals surface area contributed by atoms with Crippen LogP contribution in [-0.2, 0) is 16.1 Å². The third-order valence-electron chi connectivity index (χ3n) is 9.12. The van der Waals surface area contributed by atoms with Crippen molar-refractivity contribution in [1.29, 1.82) is 0 Å². The number of pyridine rings is 1. The zero-order chi connectivity index (χ0) is 29.7. The number of anilines is 1. The molecule has 0 saturated carbocycles. The summed E-state index contributed by atoms with van der Waals surface area (Å²) >= 11 is 0. The Balaban J connectivity index is 1.34. The third kappa shape index (κ3) is 5.29. The predicted octanol–water partition coefficient (Wildman–Crippen LogP) is 2.96. The van der Waals surface area contributed by atoms with Crippen LogP contribution in [0.5, 0.6) is 0 Å². The van der Waals surface area contributed by atoms with Crippen LogP contribution in [0.15, 0.2) is 29.2 Å². The Kier molecular flexibility index (Phi) is 7.75. The lowest BCUT2D eigenvalue weighted by Gasteiger charge is -2.28. The molecule has 10 nitrogen and oxygen atoms in total. The van der Waals surface area contributed by atoms with Crippen LogP contribution in [-0.4, -0.2) is 86.9 Å². The van der Waals surface area contributed by atoms with Crippen molar-refractivity contribution in [2.75, 3.05) is 44.7 Å². The molecule has 4 atom stereocenters. The first-order chi connectivity index (χ1) is 20.1. The molecular weight excluding hydrogens is 539 g/mol. The Bertz CT molecular complexity index is 1560. The van der Waals surface area contributed by atoms with Crippen molar-refractivity contribution in [3.05, 3.63) is 51.7 Å². The zero-order valence-corrected chi connectivity index (χ0v) is 24.6. The van der Waals surface area contributed by atoms with E-state index in [1.54, 1.807) is 19.1 Å². The number of aromatic nitrogens is 3. The second-order valence-electron chi connectivity index (χ2n) is 12.3. The first-order valence-corrected chi connectivity index (χ1v) is 14.8. The Morgan fingerprint density at radius 2 is 1.95 bits per heavy atom. The average Bonchev–Trinajstić information content (AvgIpc) is 3.53. The van der Waals surface area contributed by atoms with Crippen LogP contribution >= 0.6 is 0 Å². The highest BCUT2D eigenvalue weighted by molar-refractivity contribution is 5.85. The number of aliphatic hydroxyl groups excluding tert-OH is 1. The van der Waals surface area contributed by atoms with Gasteiger partial charge in [-0.2, -0.15) is 0 Å². The van der Waals surface area contributed by atoms with E-state index in [4.69, 9.17) is 4.74 Å². The first kappa shape index (κ1) is 28.7. The SMILES string of the molecule is CC(=O)N1CC2CN(Cc3c(C)c(=O)c4ccc(-c5nc(N[C@@H]6CCOC[C@H]6O)ncc5F)cc4n3C(C)C)C[C@H]2C1. The second kappa shape index (κ2) is 11.3. The number of rotatable bonds is 6. The number of likely N-dealkylation sites (tertiary alicyclic amines) is 2. The number of halogens is 1. The summed E-state index contributed by atoms with van der Waals surface area (Å²) in [5.74, 6) is 0.695. The molecule has 5 heterocycles. The van der Waals surface area contributed by atoms with Gasteiger partial charge in [0.2, 0.25) is 11.9 Å². The second-order valence-corrected chi connectivity index (χ2v) is 12.3. The maximum Gasteiger partial charge on any atom is 0.223 e. The highest BCUT2D eigenvalue weighted by Gasteiger charge is 2.41. The van der Waals surface area contributed by atoms with Crippen LogP contribution in [0.25, 0.3) is 22.2 Å². The quantitative estimate of drug-likeness (QED) is 0.459. The number of hydrogen-bond acceptors (Lipinski definition) is 8. The molecule has 0 radical (unpaired) electrons. The van der Waals surface area contributed by atoms with Crippen LogP contribution in [0.3, 0.4) is 0 Å². The lowest BCUT2D eigenvalue weighted by Crippen LogP contribution is -2.42.